The van der Waals surface area contributed by atoms with Gasteiger partial charge in [0.2, 0.25) is 5.82 Å². The van der Waals surface area contributed by atoms with E-state index in [1.165, 1.54) is 11.3 Å². The molecule has 0 atom stereocenters. The molecule has 0 fully saturated rings. The average molecular weight is 349 g/mol. The molecule has 0 unspecified atom stereocenters. The van der Waals surface area contributed by atoms with E-state index in [4.69, 9.17) is 0 Å². The molecule has 3 aromatic heterocycles. The highest BCUT2D eigenvalue weighted by atomic mass is 32.1. The lowest BCUT2D eigenvalue weighted by molar-refractivity contribution is -0.371. The van der Waals surface area contributed by atoms with Crippen LogP contribution in [0, 0.1) is 12.1 Å². The summed E-state index contributed by atoms with van der Waals surface area (Å²) >= 11 is 1.53. The van der Waals surface area contributed by atoms with Crippen LogP contribution in [-0.2, 0) is 0 Å². The Balaban J connectivity index is 2.01. The highest BCUT2D eigenvalue weighted by molar-refractivity contribution is 7.18. The zero-order valence-corrected chi connectivity index (χ0v) is 14.3. The molecule has 3 rings (SSSR count). The van der Waals surface area contributed by atoms with E-state index in [9.17, 15) is 5.21 Å². The Morgan fingerprint density at radius 2 is 2.16 bits per heavy atom. The summed E-state index contributed by atoms with van der Waals surface area (Å²) in [6, 6.07) is 5.64. The molecule has 0 saturated heterocycles. The zero-order chi connectivity index (χ0) is 17.6. The van der Waals surface area contributed by atoms with Gasteiger partial charge in [0, 0.05) is 30.2 Å². The lowest BCUT2D eigenvalue weighted by Crippen LogP contribution is -2.65. The number of aryl methyl sites for hydroxylation is 1. The number of thiazole rings is 1. The molecule has 0 radical (unpaired) electrons. The lowest BCUT2D eigenvalue weighted by atomic mass is 10.2. The highest BCUT2D eigenvalue weighted by Gasteiger charge is 2.15. The second kappa shape index (κ2) is 7.59. The Kier molecular flexibility index (Phi) is 5.06. The second-order valence-corrected chi connectivity index (χ2v) is 6.05. The molecule has 3 aromatic rings. The summed E-state index contributed by atoms with van der Waals surface area (Å²) in [6.07, 6.45) is 9.94. The summed E-state index contributed by atoms with van der Waals surface area (Å²) in [6.45, 7) is 5.52. The third-order valence-corrected chi connectivity index (χ3v) is 4.57. The van der Waals surface area contributed by atoms with Gasteiger partial charge >= 0.3 is 0 Å². The van der Waals surface area contributed by atoms with E-state index in [0.717, 1.165) is 26.8 Å². The molecule has 6 nitrogen and oxygen atoms in total. The topological polar surface area (TPSA) is 88.6 Å². The van der Waals surface area contributed by atoms with Crippen molar-refractivity contribution in [2.24, 2.45) is 0 Å². The van der Waals surface area contributed by atoms with Gasteiger partial charge in [-0.2, -0.15) is 0 Å². The van der Waals surface area contributed by atoms with Crippen molar-refractivity contribution in [1.29, 1.82) is 0 Å². The Bertz CT molecular complexity index is 947. The number of hydrogen-bond donors (Lipinski definition) is 1. The van der Waals surface area contributed by atoms with Crippen LogP contribution in [0.25, 0.3) is 21.1 Å². The molecule has 25 heavy (non-hydrogen) atoms. The van der Waals surface area contributed by atoms with Crippen molar-refractivity contribution in [2.45, 2.75) is 6.92 Å². The van der Waals surface area contributed by atoms with Gasteiger partial charge in [-0.05, 0) is 25.1 Å². The molecule has 0 aliphatic rings. The van der Waals surface area contributed by atoms with Crippen LogP contribution in [0.5, 0.6) is 0 Å². The fourth-order valence-electron chi connectivity index (χ4n) is 2.18. The Hall–Kier alpha value is -3.19. The van der Waals surface area contributed by atoms with Gasteiger partial charge in [-0.25, -0.2) is 20.1 Å². The number of nitrogens with one attached hydrogen (secondary N) is 1. The first-order chi connectivity index (χ1) is 12.2. The summed E-state index contributed by atoms with van der Waals surface area (Å²) in [5, 5.41) is 13.9. The first-order valence-corrected chi connectivity index (χ1v) is 8.30. The maximum atomic E-state index is 11.2. The zero-order valence-electron chi connectivity index (χ0n) is 13.5. The number of pyridine rings is 1. The van der Waals surface area contributed by atoms with Gasteiger partial charge in [-0.1, -0.05) is 18.7 Å². The van der Waals surface area contributed by atoms with E-state index < -0.39 is 0 Å². The molecule has 0 aliphatic carbocycles. The first kappa shape index (κ1) is 16.7. The molecule has 7 heteroatoms. The smallest absolute Gasteiger partial charge is 0.254 e. The fourth-order valence-corrected chi connectivity index (χ4v) is 3.21. The van der Waals surface area contributed by atoms with Crippen LogP contribution < -0.4 is 5.16 Å². The van der Waals surface area contributed by atoms with Crippen LogP contribution in [0.15, 0.2) is 61.6 Å². The van der Waals surface area contributed by atoms with Crippen LogP contribution in [0.3, 0.4) is 0 Å². The SMILES string of the molecule is C=C/C=C\C(=[NH+]\[O-])c1nccc(-c2sc(-c3cccnc3)nc2C)n1. The van der Waals surface area contributed by atoms with E-state index in [1.54, 1.807) is 42.9 Å². The largest absolute Gasteiger partial charge is 0.625 e. The van der Waals surface area contributed by atoms with Gasteiger partial charge in [0.05, 0.1) is 16.3 Å². The van der Waals surface area contributed by atoms with E-state index in [1.807, 2.05) is 24.2 Å². The van der Waals surface area contributed by atoms with Crippen LogP contribution in [0.1, 0.15) is 11.5 Å². The number of rotatable bonds is 5. The Morgan fingerprint density at radius 3 is 2.88 bits per heavy atom. The normalized spacial score (nSPS) is 11.8. The van der Waals surface area contributed by atoms with Crippen LogP contribution in [0.4, 0.5) is 0 Å². The highest BCUT2D eigenvalue weighted by Crippen LogP contribution is 2.33. The summed E-state index contributed by atoms with van der Waals surface area (Å²) < 4.78 is 0. The first-order valence-electron chi connectivity index (χ1n) is 7.48. The van der Waals surface area contributed by atoms with Crippen LogP contribution >= 0.6 is 11.3 Å². The predicted molar refractivity (Wildman–Crippen MR) is 98.9 cm³/mol. The maximum Gasteiger partial charge on any atom is 0.254 e. The summed E-state index contributed by atoms with van der Waals surface area (Å²) in [5.41, 5.74) is 2.82. The van der Waals surface area contributed by atoms with Crippen molar-refractivity contribution in [3.8, 4) is 21.1 Å². The van der Waals surface area contributed by atoms with Crippen molar-refractivity contribution < 1.29 is 5.16 Å². The van der Waals surface area contributed by atoms with Crippen molar-refractivity contribution in [2.75, 3.05) is 0 Å². The number of nitrogens with zero attached hydrogens (tertiary/aromatic N) is 4. The van der Waals surface area contributed by atoms with Gasteiger partial charge in [0.25, 0.3) is 5.71 Å². The molecule has 0 aromatic carbocycles. The van der Waals surface area contributed by atoms with E-state index in [2.05, 4.69) is 26.5 Å². The summed E-state index contributed by atoms with van der Waals surface area (Å²) in [7, 11) is 0. The molecule has 124 valence electrons. The molecular weight excluding hydrogens is 334 g/mol. The van der Waals surface area contributed by atoms with E-state index in [-0.39, 0.29) is 5.71 Å². The van der Waals surface area contributed by atoms with Crippen molar-refractivity contribution in [3.05, 3.63) is 78.3 Å². The molecule has 0 amide bonds. The number of allylic oxidation sites excluding steroid dienone is 3. The fraction of sp³-hybridized carbons (Fsp3) is 0.0556. The molecular formula is C18H15N5OS. The van der Waals surface area contributed by atoms with Gasteiger partial charge in [-0.15, -0.1) is 11.3 Å². The predicted octanol–water partition coefficient (Wildman–Crippen LogP) is 2.08. The van der Waals surface area contributed by atoms with Gasteiger partial charge in [0.1, 0.15) is 5.01 Å². The average Bonchev–Trinajstić information content (AvgIpc) is 3.05. The van der Waals surface area contributed by atoms with E-state index in [0.29, 0.717) is 5.82 Å². The molecule has 0 saturated carbocycles. The standard InChI is InChI=1S/C18H15N5OS/c1-3-4-7-15(23-24)17-20-10-8-14(22-17)16-12(2)21-18(25-16)13-6-5-9-19-11-13/h3-11,23H,1H2,2H3/b7-4-,23-15-. The molecule has 3 heterocycles. The second-order valence-electron chi connectivity index (χ2n) is 5.05. The van der Waals surface area contributed by atoms with Gasteiger partial charge in [0.15, 0.2) is 0 Å². The van der Waals surface area contributed by atoms with Gasteiger partial charge in [-0.3, -0.25) is 4.98 Å². The van der Waals surface area contributed by atoms with E-state index >= 15 is 0 Å². The Labute approximate surface area is 149 Å². The minimum Gasteiger partial charge on any atom is -0.625 e. The molecule has 0 bridgehead atoms. The summed E-state index contributed by atoms with van der Waals surface area (Å²) in [4.78, 5) is 18.3. The number of aromatic nitrogens is 4. The lowest BCUT2D eigenvalue weighted by Gasteiger charge is -2.00. The number of hydrogen-bond acceptors (Lipinski definition) is 6. The minimum absolute atomic E-state index is 0.274. The van der Waals surface area contributed by atoms with Crippen LogP contribution in [-0.4, -0.2) is 25.6 Å². The summed E-state index contributed by atoms with van der Waals surface area (Å²) in [5.74, 6) is 0.321. The third kappa shape index (κ3) is 3.67. The van der Waals surface area contributed by atoms with Crippen molar-refractivity contribution in [3.63, 3.8) is 0 Å². The monoisotopic (exact) mass is 349 g/mol. The van der Waals surface area contributed by atoms with Crippen molar-refractivity contribution >= 4 is 17.0 Å². The Morgan fingerprint density at radius 1 is 1.28 bits per heavy atom. The quantitative estimate of drug-likeness (QED) is 0.330. The minimum atomic E-state index is 0.274. The third-order valence-electron chi connectivity index (χ3n) is 3.34. The van der Waals surface area contributed by atoms with Gasteiger partial charge < -0.3 is 5.21 Å². The molecule has 0 aliphatic heterocycles. The molecule has 0 spiro atoms. The maximum absolute atomic E-state index is 11.2. The van der Waals surface area contributed by atoms with Crippen LogP contribution in [0.2, 0.25) is 0 Å². The van der Waals surface area contributed by atoms with Crippen molar-refractivity contribution in [1.82, 2.24) is 19.9 Å². The molecule has 1 N–H and O–H groups in total.